The highest BCUT2D eigenvalue weighted by atomic mass is 16.2. The van der Waals surface area contributed by atoms with E-state index >= 15 is 0 Å². The summed E-state index contributed by atoms with van der Waals surface area (Å²) in [4.78, 5) is 43.5. The Morgan fingerprint density at radius 1 is 1.30 bits per heavy atom. The van der Waals surface area contributed by atoms with Gasteiger partial charge in [0.2, 0.25) is 5.91 Å². The Morgan fingerprint density at radius 2 is 2.04 bits per heavy atom. The minimum atomic E-state index is -0.666. The minimum absolute atomic E-state index is 0.0200. The molecule has 2 fully saturated rings. The second-order valence-corrected chi connectivity index (χ2v) is 5.62. The maximum Gasteiger partial charge on any atom is 0.325 e. The van der Waals surface area contributed by atoms with Crippen LogP contribution in [0.15, 0.2) is 4.99 Å². The van der Waals surface area contributed by atoms with E-state index in [0.29, 0.717) is 19.0 Å². The molecule has 2 aliphatic rings. The number of imide groups is 1. The van der Waals surface area contributed by atoms with Crippen molar-refractivity contribution in [1.29, 1.82) is 0 Å². The van der Waals surface area contributed by atoms with Crippen molar-refractivity contribution in [2.45, 2.75) is 38.9 Å². The summed E-state index contributed by atoms with van der Waals surface area (Å²) in [6.07, 6.45) is 1.16. The Bertz CT molecular complexity index is 521. The number of carbonyl (C=O) groups excluding carboxylic acids is 3. The number of hydrogen-bond acceptors (Lipinski definition) is 4. The van der Waals surface area contributed by atoms with Crippen LogP contribution < -0.4 is 16.0 Å². The fourth-order valence-electron chi connectivity index (χ4n) is 2.59. The molecule has 9 heteroatoms. The van der Waals surface area contributed by atoms with Gasteiger partial charge in [-0.25, -0.2) is 4.79 Å². The molecule has 2 saturated heterocycles. The van der Waals surface area contributed by atoms with Crippen LogP contribution in [0, 0.1) is 0 Å². The molecular formula is C14H24N6O3. The Morgan fingerprint density at radius 3 is 2.70 bits per heavy atom. The Hall–Kier alpha value is -2.32. The molecule has 0 radical (unpaired) electrons. The lowest BCUT2D eigenvalue weighted by atomic mass is 10.1. The van der Waals surface area contributed by atoms with Crippen molar-refractivity contribution >= 4 is 23.8 Å². The van der Waals surface area contributed by atoms with E-state index in [1.807, 2.05) is 13.8 Å². The normalized spacial score (nSPS) is 25.3. The van der Waals surface area contributed by atoms with Crippen LogP contribution in [0.2, 0.25) is 0 Å². The first-order valence-electron chi connectivity index (χ1n) is 7.91. The molecule has 128 valence electrons. The van der Waals surface area contributed by atoms with E-state index in [4.69, 9.17) is 0 Å². The average molecular weight is 324 g/mol. The fourth-order valence-corrected chi connectivity index (χ4v) is 2.59. The lowest BCUT2D eigenvalue weighted by Crippen LogP contribution is -2.65. The van der Waals surface area contributed by atoms with E-state index in [9.17, 15) is 14.4 Å². The van der Waals surface area contributed by atoms with Crippen molar-refractivity contribution in [3.63, 3.8) is 0 Å². The molecule has 0 aromatic carbocycles. The maximum absolute atomic E-state index is 12.2. The highest BCUT2D eigenvalue weighted by molar-refractivity contribution is 6.05. The van der Waals surface area contributed by atoms with Gasteiger partial charge in [0.25, 0.3) is 5.91 Å². The van der Waals surface area contributed by atoms with Crippen molar-refractivity contribution in [1.82, 2.24) is 25.8 Å². The first-order valence-corrected chi connectivity index (χ1v) is 7.91. The van der Waals surface area contributed by atoms with Crippen molar-refractivity contribution in [2.75, 3.05) is 26.7 Å². The molecule has 23 heavy (non-hydrogen) atoms. The average Bonchev–Trinajstić information content (AvgIpc) is 2.87. The Labute approximate surface area is 135 Å². The number of guanidine groups is 1. The van der Waals surface area contributed by atoms with Crippen molar-refractivity contribution in [3.05, 3.63) is 0 Å². The summed E-state index contributed by atoms with van der Waals surface area (Å²) in [5.74, 6) is -0.119. The number of fused-ring (bicyclic) bond motifs is 1. The molecule has 2 unspecified atom stereocenters. The van der Waals surface area contributed by atoms with Gasteiger partial charge in [-0.05, 0) is 12.8 Å². The smallest absolute Gasteiger partial charge is 0.325 e. The van der Waals surface area contributed by atoms with Crippen LogP contribution in [0.4, 0.5) is 4.79 Å². The standard InChI is InChI=1S/C14H24N6O3/c1-4-6-15-9(21)8-20-10-11(17-13(20)16-7-5-2)19(3)14(23)18-12(10)22/h10-11H,4-8H2,1-3H3,(H,15,21)(H,16,17)(H,18,22,23). The third-order valence-corrected chi connectivity index (χ3v) is 3.79. The van der Waals surface area contributed by atoms with Gasteiger partial charge < -0.3 is 20.4 Å². The van der Waals surface area contributed by atoms with E-state index in [1.54, 1.807) is 11.9 Å². The second-order valence-electron chi connectivity index (χ2n) is 5.62. The molecule has 0 aromatic heterocycles. The molecule has 0 saturated carbocycles. The first kappa shape index (κ1) is 17.0. The van der Waals surface area contributed by atoms with Crippen molar-refractivity contribution in [3.8, 4) is 0 Å². The Balaban J connectivity index is 2.21. The van der Waals surface area contributed by atoms with Gasteiger partial charge in [0.1, 0.15) is 12.7 Å². The molecule has 4 amide bonds. The van der Waals surface area contributed by atoms with Gasteiger partial charge in [0.15, 0.2) is 12.0 Å². The zero-order chi connectivity index (χ0) is 17.0. The van der Waals surface area contributed by atoms with E-state index in [1.165, 1.54) is 4.90 Å². The van der Waals surface area contributed by atoms with Crippen LogP contribution in [-0.2, 0) is 9.59 Å². The SMILES string of the molecule is CCCN=C1NC2C(C(=O)NC(=O)N2C)N1CC(=O)NCCC. The number of rotatable bonds is 6. The van der Waals surface area contributed by atoms with Gasteiger partial charge in [0.05, 0.1) is 0 Å². The van der Waals surface area contributed by atoms with Crippen LogP contribution in [-0.4, -0.2) is 72.5 Å². The van der Waals surface area contributed by atoms with Gasteiger partial charge >= 0.3 is 6.03 Å². The third kappa shape index (κ3) is 3.54. The topological polar surface area (TPSA) is 106 Å². The fraction of sp³-hybridized carbons (Fsp3) is 0.714. The van der Waals surface area contributed by atoms with Gasteiger partial charge in [-0.2, -0.15) is 0 Å². The largest absolute Gasteiger partial charge is 0.355 e. The van der Waals surface area contributed by atoms with E-state index in [-0.39, 0.29) is 12.5 Å². The molecule has 0 aromatic rings. The number of aliphatic imine (C=N–C) groups is 1. The zero-order valence-corrected chi connectivity index (χ0v) is 13.8. The molecular weight excluding hydrogens is 300 g/mol. The first-order chi connectivity index (χ1) is 11.0. The van der Waals surface area contributed by atoms with Crippen LogP contribution in [0.25, 0.3) is 0 Å². The molecule has 0 bridgehead atoms. The Kier molecular flexibility index (Phi) is 5.41. The predicted molar refractivity (Wildman–Crippen MR) is 84.6 cm³/mol. The van der Waals surface area contributed by atoms with E-state index in [0.717, 1.165) is 12.8 Å². The lowest BCUT2D eigenvalue weighted by molar-refractivity contribution is -0.128. The molecule has 0 aliphatic carbocycles. The van der Waals surface area contributed by atoms with Gasteiger partial charge in [-0.1, -0.05) is 13.8 Å². The molecule has 2 heterocycles. The van der Waals surface area contributed by atoms with Crippen LogP contribution >= 0.6 is 0 Å². The summed E-state index contributed by atoms with van der Waals surface area (Å²) in [6.45, 7) is 5.14. The van der Waals surface area contributed by atoms with Crippen LogP contribution in [0.5, 0.6) is 0 Å². The van der Waals surface area contributed by atoms with Gasteiger partial charge in [-0.15, -0.1) is 0 Å². The number of likely N-dealkylation sites (N-methyl/N-ethyl adjacent to an activating group) is 1. The highest BCUT2D eigenvalue weighted by Crippen LogP contribution is 2.20. The number of amides is 4. The van der Waals surface area contributed by atoms with Crippen LogP contribution in [0.1, 0.15) is 26.7 Å². The molecule has 2 aliphatic heterocycles. The summed E-state index contributed by atoms with van der Waals surface area (Å²) < 4.78 is 0. The molecule has 2 rings (SSSR count). The number of urea groups is 1. The second kappa shape index (κ2) is 7.30. The molecule has 9 nitrogen and oxygen atoms in total. The summed E-state index contributed by atoms with van der Waals surface area (Å²) in [5, 5.41) is 8.18. The maximum atomic E-state index is 12.2. The number of nitrogens with zero attached hydrogens (tertiary/aromatic N) is 3. The molecule has 2 atom stereocenters. The number of hydrogen-bond donors (Lipinski definition) is 3. The monoisotopic (exact) mass is 324 g/mol. The van der Waals surface area contributed by atoms with Crippen molar-refractivity contribution in [2.24, 2.45) is 4.99 Å². The van der Waals surface area contributed by atoms with Crippen molar-refractivity contribution < 1.29 is 14.4 Å². The van der Waals surface area contributed by atoms with Crippen LogP contribution in [0.3, 0.4) is 0 Å². The number of nitrogens with one attached hydrogen (secondary N) is 3. The number of carbonyl (C=O) groups is 3. The predicted octanol–water partition coefficient (Wildman–Crippen LogP) is -0.940. The van der Waals surface area contributed by atoms with Gasteiger partial charge in [-0.3, -0.25) is 19.9 Å². The van der Waals surface area contributed by atoms with Gasteiger partial charge in [0, 0.05) is 20.1 Å². The summed E-state index contributed by atoms with van der Waals surface area (Å²) in [5.41, 5.74) is 0. The molecule has 3 N–H and O–H groups in total. The lowest BCUT2D eigenvalue weighted by Gasteiger charge is -2.35. The van der Waals surface area contributed by atoms with E-state index in [2.05, 4.69) is 20.9 Å². The molecule has 0 spiro atoms. The summed E-state index contributed by atoms with van der Waals surface area (Å²) in [7, 11) is 1.60. The quantitative estimate of drug-likeness (QED) is 0.585. The van der Waals surface area contributed by atoms with E-state index < -0.39 is 24.1 Å². The third-order valence-electron chi connectivity index (χ3n) is 3.79. The summed E-state index contributed by atoms with van der Waals surface area (Å²) >= 11 is 0. The minimum Gasteiger partial charge on any atom is -0.355 e. The summed E-state index contributed by atoms with van der Waals surface area (Å²) in [6, 6.07) is -1.13. The zero-order valence-electron chi connectivity index (χ0n) is 13.8. The highest BCUT2D eigenvalue weighted by Gasteiger charge is 2.50.